The van der Waals surface area contributed by atoms with Gasteiger partial charge in [-0.1, -0.05) is 41.9 Å². The largest absolute Gasteiger partial charge is 0.355 e. The van der Waals surface area contributed by atoms with Crippen LogP contribution in [0.5, 0.6) is 0 Å². The SMILES string of the molecule is N#Cc1ccc(Nc2ccc3ccccc3c2)cc1Cl. The third-order valence-electron chi connectivity index (χ3n) is 3.13. The van der Waals surface area contributed by atoms with E-state index in [-0.39, 0.29) is 0 Å². The highest BCUT2D eigenvalue weighted by Crippen LogP contribution is 2.25. The van der Waals surface area contributed by atoms with Crippen LogP contribution in [0, 0.1) is 11.3 Å². The van der Waals surface area contributed by atoms with Gasteiger partial charge in [0.1, 0.15) is 6.07 Å². The Kier molecular flexibility index (Phi) is 3.28. The van der Waals surface area contributed by atoms with E-state index in [9.17, 15) is 0 Å². The quantitative estimate of drug-likeness (QED) is 0.707. The molecule has 3 heteroatoms. The minimum atomic E-state index is 0.457. The molecule has 0 atom stereocenters. The van der Waals surface area contributed by atoms with Crippen molar-refractivity contribution in [3.05, 3.63) is 71.2 Å². The van der Waals surface area contributed by atoms with Crippen LogP contribution < -0.4 is 5.32 Å². The van der Waals surface area contributed by atoms with E-state index in [1.807, 2.05) is 24.3 Å². The highest BCUT2D eigenvalue weighted by Gasteiger charge is 2.02. The fourth-order valence-corrected chi connectivity index (χ4v) is 2.34. The van der Waals surface area contributed by atoms with Crippen LogP contribution in [0.3, 0.4) is 0 Å². The van der Waals surface area contributed by atoms with Crippen LogP contribution in [0.25, 0.3) is 10.8 Å². The second-order valence-corrected chi connectivity index (χ2v) is 4.90. The van der Waals surface area contributed by atoms with Crippen molar-refractivity contribution in [1.82, 2.24) is 0 Å². The first-order valence-electron chi connectivity index (χ1n) is 6.22. The van der Waals surface area contributed by atoms with Gasteiger partial charge in [0.2, 0.25) is 0 Å². The van der Waals surface area contributed by atoms with Gasteiger partial charge in [0, 0.05) is 11.4 Å². The molecule has 0 fully saturated rings. The van der Waals surface area contributed by atoms with Crippen molar-refractivity contribution in [2.24, 2.45) is 0 Å². The maximum absolute atomic E-state index is 8.86. The van der Waals surface area contributed by atoms with E-state index in [0.29, 0.717) is 10.6 Å². The summed E-state index contributed by atoms with van der Waals surface area (Å²) in [5.74, 6) is 0. The molecule has 0 saturated heterocycles. The van der Waals surface area contributed by atoms with E-state index in [1.165, 1.54) is 10.8 Å². The maximum atomic E-state index is 8.86. The van der Waals surface area contributed by atoms with E-state index in [1.54, 1.807) is 12.1 Å². The lowest BCUT2D eigenvalue weighted by Crippen LogP contribution is -1.91. The number of nitrogens with one attached hydrogen (secondary N) is 1. The zero-order valence-corrected chi connectivity index (χ0v) is 11.4. The summed E-state index contributed by atoms with van der Waals surface area (Å²) >= 11 is 6.03. The summed E-state index contributed by atoms with van der Waals surface area (Å²) in [5.41, 5.74) is 2.34. The topological polar surface area (TPSA) is 35.8 Å². The molecule has 1 N–H and O–H groups in total. The predicted octanol–water partition coefficient (Wildman–Crippen LogP) is 5.11. The molecular formula is C17H11ClN2. The molecule has 3 aromatic carbocycles. The molecule has 3 rings (SSSR count). The van der Waals surface area contributed by atoms with Crippen LogP contribution in [0.15, 0.2) is 60.7 Å². The van der Waals surface area contributed by atoms with Crippen LogP contribution in [0.1, 0.15) is 5.56 Å². The molecule has 3 aromatic rings. The lowest BCUT2D eigenvalue weighted by atomic mass is 10.1. The summed E-state index contributed by atoms with van der Waals surface area (Å²) in [6.07, 6.45) is 0. The van der Waals surface area contributed by atoms with E-state index in [0.717, 1.165) is 11.4 Å². The fourth-order valence-electron chi connectivity index (χ4n) is 2.12. The summed E-state index contributed by atoms with van der Waals surface area (Å²) in [7, 11) is 0. The predicted molar refractivity (Wildman–Crippen MR) is 83.4 cm³/mol. The van der Waals surface area contributed by atoms with Crippen LogP contribution in [0.4, 0.5) is 11.4 Å². The van der Waals surface area contributed by atoms with E-state index >= 15 is 0 Å². The molecule has 0 bridgehead atoms. The van der Waals surface area contributed by atoms with Gasteiger partial charge in [0.25, 0.3) is 0 Å². The minimum Gasteiger partial charge on any atom is -0.355 e. The Morgan fingerprint density at radius 1 is 0.850 bits per heavy atom. The van der Waals surface area contributed by atoms with Crippen molar-refractivity contribution < 1.29 is 0 Å². The molecule has 0 spiro atoms. The Morgan fingerprint density at radius 2 is 1.55 bits per heavy atom. The van der Waals surface area contributed by atoms with Crippen LogP contribution in [-0.2, 0) is 0 Å². The number of fused-ring (bicyclic) bond motifs is 1. The number of hydrogen-bond donors (Lipinski definition) is 1. The highest BCUT2D eigenvalue weighted by molar-refractivity contribution is 6.32. The number of nitrogens with zero attached hydrogens (tertiary/aromatic N) is 1. The van der Waals surface area contributed by atoms with Gasteiger partial charge in [-0.15, -0.1) is 0 Å². The van der Waals surface area contributed by atoms with E-state index < -0.39 is 0 Å². The van der Waals surface area contributed by atoms with Crippen molar-refractivity contribution in [3.8, 4) is 6.07 Å². The third-order valence-corrected chi connectivity index (χ3v) is 3.44. The fraction of sp³-hybridized carbons (Fsp3) is 0. The van der Waals surface area contributed by atoms with Gasteiger partial charge in [0.15, 0.2) is 0 Å². The van der Waals surface area contributed by atoms with Crippen molar-refractivity contribution in [2.45, 2.75) is 0 Å². The zero-order chi connectivity index (χ0) is 13.9. The number of rotatable bonds is 2. The first kappa shape index (κ1) is 12.5. The molecule has 20 heavy (non-hydrogen) atoms. The molecule has 0 aliphatic rings. The second-order valence-electron chi connectivity index (χ2n) is 4.49. The van der Waals surface area contributed by atoms with E-state index in [4.69, 9.17) is 16.9 Å². The number of hydrogen-bond acceptors (Lipinski definition) is 2. The highest BCUT2D eigenvalue weighted by atomic mass is 35.5. The maximum Gasteiger partial charge on any atom is 0.101 e. The van der Waals surface area contributed by atoms with Crippen molar-refractivity contribution in [3.63, 3.8) is 0 Å². The van der Waals surface area contributed by atoms with Gasteiger partial charge in [-0.2, -0.15) is 5.26 Å². The lowest BCUT2D eigenvalue weighted by Gasteiger charge is -2.08. The van der Waals surface area contributed by atoms with Gasteiger partial charge in [-0.3, -0.25) is 0 Å². The monoisotopic (exact) mass is 278 g/mol. The van der Waals surface area contributed by atoms with Gasteiger partial charge in [0.05, 0.1) is 10.6 Å². The summed E-state index contributed by atoms with van der Waals surface area (Å²) in [6, 6.07) is 21.7. The minimum absolute atomic E-state index is 0.457. The molecule has 0 heterocycles. The van der Waals surface area contributed by atoms with Gasteiger partial charge in [-0.05, 0) is 41.1 Å². The zero-order valence-electron chi connectivity index (χ0n) is 10.6. The summed E-state index contributed by atoms with van der Waals surface area (Å²) in [5, 5.41) is 15.0. The molecule has 0 aliphatic heterocycles. The average molecular weight is 279 g/mol. The number of anilines is 2. The van der Waals surface area contributed by atoms with Crippen molar-refractivity contribution >= 4 is 33.7 Å². The molecule has 0 aromatic heterocycles. The summed E-state index contributed by atoms with van der Waals surface area (Å²) in [6.45, 7) is 0. The van der Waals surface area contributed by atoms with Crippen LogP contribution in [0.2, 0.25) is 5.02 Å². The Balaban J connectivity index is 1.93. The first-order chi connectivity index (χ1) is 9.76. The van der Waals surface area contributed by atoms with Gasteiger partial charge in [-0.25, -0.2) is 0 Å². The molecule has 96 valence electrons. The third kappa shape index (κ3) is 2.45. The molecule has 0 unspecified atom stereocenters. The average Bonchev–Trinajstić information content (AvgIpc) is 2.47. The number of nitriles is 1. The van der Waals surface area contributed by atoms with Crippen molar-refractivity contribution in [1.29, 1.82) is 5.26 Å². The molecule has 0 aliphatic carbocycles. The van der Waals surface area contributed by atoms with Crippen molar-refractivity contribution in [2.75, 3.05) is 5.32 Å². The Morgan fingerprint density at radius 3 is 2.30 bits per heavy atom. The summed E-state index contributed by atoms with van der Waals surface area (Å²) < 4.78 is 0. The normalized spacial score (nSPS) is 10.2. The lowest BCUT2D eigenvalue weighted by molar-refractivity contribution is 1.48. The summed E-state index contributed by atoms with van der Waals surface area (Å²) in [4.78, 5) is 0. The number of halogens is 1. The molecule has 0 radical (unpaired) electrons. The van der Waals surface area contributed by atoms with Gasteiger partial charge < -0.3 is 5.32 Å². The Bertz CT molecular complexity index is 819. The number of benzene rings is 3. The second kappa shape index (κ2) is 5.24. The smallest absolute Gasteiger partial charge is 0.101 e. The molecular weight excluding hydrogens is 268 g/mol. The van der Waals surface area contributed by atoms with E-state index in [2.05, 4.69) is 35.7 Å². The molecule has 2 nitrogen and oxygen atoms in total. The molecule has 0 saturated carbocycles. The Hall–Kier alpha value is -2.50. The van der Waals surface area contributed by atoms with Crippen LogP contribution in [-0.4, -0.2) is 0 Å². The van der Waals surface area contributed by atoms with Gasteiger partial charge >= 0.3 is 0 Å². The Labute approximate surface area is 122 Å². The standard InChI is InChI=1S/C17H11ClN2/c18-17-10-16(8-6-14(17)11-19)20-15-7-5-12-3-1-2-4-13(12)9-15/h1-10,20H. The first-order valence-corrected chi connectivity index (χ1v) is 6.59. The van der Waals surface area contributed by atoms with Crippen LogP contribution >= 0.6 is 11.6 Å². The molecule has 0 amide bonds.